The number of H-pyrrole nitrogens is 1. The summed E-state index contributed by atoms with van der Waals surface area (Å²) in [6.45, 7) is 0. The van der Waals surface area contributed by atoms with Crippen molar-refractivity contribution in [3.05, 3.63) is 36.0 Å². The molecular weight excluding hydrogens is 271 g/mol. The Morgan fingerprint density at radius 3 is 2.81 bits per heavy atom. The van der Waals surface area contributed by atoms with Gasteiger partial charge in [0, 0.05) is 23.5 Å². The predicted octanol–water partition coefficient (Wildman–Crippen LogP) is 0.206. The molecule has 0 spiro atoms. The van der Waals surface area contributed by atoms with Gasteiger partial charge in [-0.05, 0) is 11.6 Å². The van der Waals surface area contributed by atoms with E-state index in [1.54, 1.807) is 0 Å². The van der Waals surface area contributed by atoms with E-state index >= 15 is 0 Å². The molecule has 0 aliphatic heterocycles. The third kappa shape index (κ3) is 2.44. The average Bonchev–Trinajstić information content (AvgIpc) is 2.62. The summed E-state index contributed by atoms with van der Waals surface area (Å²) in [5.74, 6) is -0.972. The SMILES string of the molecule is N[C@@H](Cc1c[nH]c2ccccc12)C(=O)O.[SeH2]. The first-order chi connectivity index (χ1) is 7.18. The molecule has 0 bridgehead atoms. The predicted molar refractivity (Wildman–Crippen MR) is 66.2 cm³/mol. The molecule has 1 aromatic carbocycles. The van der Waals surface area contributed by atoms with Crippen LogP contribution in [0.4, 0.5) is 0 Å². The first kappa shape index (κ1) is 12.8. The number of aromatic nitrogens is 1. The normalized spacial score (nSPS) is 12.1. The van der Waals surface area contributed by atoms with Crippen LogP contribution in [0.1, 0.15) is 5.56 Å². The van der Waals surface area contributed by atoms with Crippen molar-refractivity contribution in [3.8, 4) is 0 Å². The van der Waals surface area contributed by atoms with Crippen molar-refractivity contribution in [1.82, 2.24) is 4.98 Å². The van der Waals surface area contributed by atoms with E-state index in [1.807, 2.05) is 30.5 Å². The molecule has 4 nitrogen and oxygen atoms in total. The molecular formula is C11H14N2O2Se. The van der Waals surface area contributed by atoms with Gasteiger partial charge >= 0.3 is 23.0 Å². The van der Waals surface area contributed by atoms with Crippen LogP contribution < -0.4 is 5.73 Å². The summed E-state index contributed by atoms with van der Waals surface area (Å²) in [5, 5.41) is 9.75. The molecule has 0 saturated heterocycles. The van der Waals surface area contributed by atoms with Crippen molar-refractivity contribution in [2.45, 2.75) is 12.5 Å². The number of fused-ring (bicyclic) bond motifs is 1. The maximum atomic E-state index is 10.6. The van der Waals surface area contributed by atoms with E-state index in [0.29, 0.717) is 6.42 Å². The quantitative estimate of drug-likeness (QED) is 0.705. The fraction of sp³-hybridized carbons (Fsp3) is 0.182. The maximum absolute atomic E-state index is 10.6. The summed E-state index contributed by atoms with van der Waals surface area (Å²) < 4.78 is 0. The van der Waals surface area contributed by atoms with Gasteiger partial charge in [-0.15, -0.1) is 0 Å². The fourth-order valence-electron chi connectivity index (χ4n) is 1.62. The molecule has 16 heavy (non-hydrogen) atoms. The number of carboxylic acids is 1. The Hall–Kier alpha value is -1.29. The summed E-state index contributed by atoms with van der Waals surface area (Å²) in [7, 11) is 0. The first-order valence-corrected chi connectivity index (χ1v) is 4.72. The molecule has 0 saturated carbocycles. The number of benzene rings is 1. The van der Waals surface area contributed by atoms with Gasteiger partial charge in [0.25, 0.3) is 0 Å². The molecule has 0 unspecified atom stereocenters. The number of carbonyl (C=O) groups is 1. The number of aromatic amines is 1. The van der Waals surface area contributed by atoms with Gasteiger partial charge in [-0.2, -0.15) is 0 Å². The van der Waals surface area contributed by atoms with Gasteiger partial charge in [-0.3, -0.25) is 4.79 Å². The molecule has 1 aromatic heterocycles. The summed E-state index contributed by atoms with van der Waals surface area (Å²) in [5.41, 5.74) is 7.43. The number of para-hydroxylation sites is 1. The van der Waals surface area contributed by atoms with Crippen LogP contribution in [0.2, 0.25) is 0 Å². The third-order valence-corrected chi connectivity index (χ3v) is 2.43. The molecule has 0 aliphatic rings. The minimum absolute atomic E-state index is 0. The van der Waals surface area contributed by atoms with Crippen LogP contribution in [-0.4, -0.2) is 39.2 Å². The molecule has 2 aromatic rings. The van der Waals surface area contributed by atoms with Crippen molar-refractivity contribution in [2.24, 2.45) is 5.73 Å². The summed E-state index contributed by atoms with van der Waals surface area (Å²) >= 11 is 0. The van der Waals surface area contributed by atoms with E-state index in [2.05, 4.69) is 4.98 Å². The van der Waals surface area contributed by atoms with E-state index in [0.717, 1.165) is 16.5 Å². The first-order valence-electron chi connectivity index (χ1n) is 4.72. The number of nitrogens with two attached hydrogens (primary N) is 1. The Bertz CT molecular complexity index is 495. The molecule has 5 heteroatoms. The van der Waals surface area contributed by atoms with E-state index in [4.69, 9.17) is 10.8 Å². The van der Waals surface area contributed by atoms with Gasteiger partial charge in [-0.25, -0.2) is 0 Å². The number of hydrogen-bond acceptors (Lipinski definition) is 2. The van der Waals surface area contributed by atoms with Crippen LogP contribution >= 0.6 is 0 Å². The summed E-state index contributed by atoms with van der Waals surface area (Å²) in [6.07, 6.45) is 2.16. The second-order valence-electron chi connectivity index (χ2n) is 3.51. The van der Waals surface area contributed by atoms with Gasteiger partial charge in [0.05, 0.1) is 0 Å². The Balaban J connectivity index is 0.00000128. The molecule has 86 valence electrons. The van der Waals surface area contributed by atoms with Gasteiger partial charge < -0.3 is 15.8 Å². The van der Waals surface area contributed by atoms with Gasteiger partial charge in [-0.1, -0.05) is 18.2 Å². The van der Waals surface area contributed by atoms with Crippen molar-refractivity contribution in [1.29, 1.82) is 0 Å². The summed E-state index contributed by atoms with van der Waals surface area (Å²) in [4.78, 5) is 13.7. The summed E-state index contributed by atoms with van der Waals surface area (Å²) in [6, 6.07) is 6.91. The van der Waals surface area contributed by atoms with Crippen molar-refractivity contribution < 1.29 is 9.90 Å². The van der Waals surface area contributed by atoms with Gasteiger partial charge in [0.2, 0.25) is 0 Å². The molecule has 1 atom stereocenters. The van der Waals surface area contributed by atoms with E-state index in [9.17, 15) is 4.79 Å². The van der Waals surface area contributed by atoms with E-state index < -0.39 is 12.0 Å². The zero-order chi connectivity index (χ0) is 10.8. The van der Waals surface area contributed by atoms with Crippen LogP contribution in [0.5, 0.6) is 0 Å². The Kier molecular flexibility index (Phi) is 4.12. The average molecular weight is 285 g/mol. The van der Waals surface area contributed by atoms with Crippen molar-refractivity contribution >= 4 is 33.9 Å². The molecule has 0 radical (unpaired) electrons. The second-order valence-corrected chi connectivity index (χ2v) is 3.51. The van der Waals surface area contributed by atoms with Gasteiger partial charge in [0.15, 0.2) is 0 Å². The number of carboxylic acid groups (broad SMARTS) is 1. The number of aliphatic carboxylic acids is 1. The standard InChI is InChI=1S/C11H12N2O2.H2Se/c12-9(11(14)15)5-7-6-13-10-4-2-1-3-8(7)10;/h1-4,6,9,13H,5,12H2,(H,14,15);1H2/t9-;/m0./s1. The number of hydrogen-bond donors (Lipinski definition) is 3. The van der Waals surface area contributed by atoms with E-state index in [-0.39, 0.29) is 17.1 Å². The molecule has 0 aliphatic carbocycles. The Morgan fingerprint density at radius 2 is 2.12 bits per heavy atom. The van der Waals surface area contributed by atoms with Crippen molar-refractivity contribution in [2.75, 3.05) is 0 Å². The van der Waals surface area contributed by atoms with Crippen LogP contribution in [0, 0.1) is 0 Å². The topological polar surface area (TPSA) is 79.1 Å². The molecule has 0 amide bonds. The van der Waals surface area contributed by atoms with E-state index in [1.165, 1.54) is 0 Å². The zero-order valence-corrected chi connectivity index (χ0v) is 10.7. The van der Waals surface area contributed by atoms with Crippen LogP contribution in [0.15, 0.2) is 30.5 Å². The minimum atomic E-state index is -0.972. The molecule has 1 heterocycles. The van der Waals surface area contributed by atoms with Crippen molar-refractivity contribution in [3.63, 3.8) is 0 Å². The fourth-order valence-corrected chi connectivity index (χ4v) is 1.62. The second kappa shape index (κ2) is 5.16. The molecule has 2 rings (SSSR count). The zero-order valence-electron chi connectivity index (χ0n) is 8.60. The Morgan fingerprint density at radius 1 is 1.44 bits per heavy atom. The van der Waals surface area contributed by atoms with Crippen LogP contribution in [0.25, 0.3) is 10.9 Å². The molecule has 0 fully saturated rings. The molecule has 4 N–H and O–H groups in total. The van der Waals surface area contributed by atoms with Crippen LogP contribution in [-0.2, 0) is 11.2 Å². The van der Waals surface area contributed by atoms with Gasteiger partial charge in [0.1, 0.15) is 6.04 Å². The Labute approximate surface area is 103 Å². The number of rotatable bonds is 3. The van der Waals surface area contributed by atoms with Crippen LogP contribution in [0.3, 0.4) is 0 Å². The number of nitrogens with one attached hydrogen (secondary N) is 1. The monoisotopic (exact) mass is 286 g/mol. The third-order valence-electron chi connectivity index (χ3n) is 2.43.